The van der Waals surface area contributed by atoms with E-state index in [-0.39, 0.29) is 25.9 Å². The van der Waals surface area contributed by atoms with Gasteiger partial charge in [0.25, 0.3) is 0 Å². The molecule has 0 aliphatic heterocycles. The Morgan fingerprint density at radius 1 is 0.403 bits per heavy atom. The number of phosphoric ester groups is 1. The van der Waals surface area contributed by atoms with Crippen LogP contribution in [0.4, 0.5) is 0 Å². The van der Waals surface area contributed by atoms with Gasteiger partial charge in [-0.25, -0.2) is 4.57 Å². The van der Waals surface area contributed by atoms with Gasteiger partial charge in [-0.05, 0) is 116 Å². The number of carbonyl (C=O) groups is 3. The van der Waals surface area contributed by atoms with E-state index in [0.29, 0.717) is 19.3 Å². The smallest absolute Gasteiger partial charge is 0.462 e. The summed E-state index contributed by atoms with van der Waals surface area (Å²) in [4.78, 5) is 48.5. The molecule has 3 atom stereocenters. The zero-order chi connectivity index (χ0) is 52.7. The number of esters is 3. The summed E-state index contributed by atoms with van der Waals surface area (Å²) in [5, 5.41) is 9.80. The number of unbranched alkanes of at least 4 members (excludes halogenated alkanes) is 18. The van der Waals surface area contributed by atoms with Crippen LogP contribution in [0.15, 0.2) is 97.2 Å². The van der Waals surface area contributed by atoms with Crippen LogP contribution in [0.1, 0.15) is 226 Å². The molecule has 0 aliphatic carbocycles. The molecule has 0 saturated carbocycles. The van der Waals surface area contributed by atoms with Gasteiger partial charge in [-0.2, -0.15) is 0 Å². The van der Waals surface area contributed by atoms with Gasteiger partial charge in [-0.3, -0.25) is 23.4 Å². The van der Waals surface area contributed by atoms with Gasteiger partial charge in [-0.1, -0.05) is 189 Å². The van der Waals surface area contributed by atoms with Crippen molar-refractivity contribution in [3.8, 4) is 0 Å². The van der Waals surface area contributed by atoms with Crippen LogP contribution >= 0.6 is 7.82 Å². The molecule has 0 aliphatic rings. The first kappa shape index (κ1) is 68.4. The lowest BCUT2D eigenvalue weighted by molar-refractivity contribution is -0.161. The molecule has 0 radical (unpaired) electrons. The van der Waals surface area contributed by atoms with Crippen LogP contribution < -0.4 is 0 Å². The lowest BCUT2D eigenvalue weighted by Gasteiger charge is -2.21. The lowest BCUT2D eigenvalue weighted by atomic mass is 10.1. The Morgan fingerprint density at radius 2 is 0.750 bits per heavy atom. The van der Waals surface area contributed by atoms with Crippen molar-refractivity contribution in [3.05, 3.63) is 97.2 Å². The molecular weight excluding hydrogens is 928 g/mol. The van der Waals surface area contributed by atoms with Crippen molar-refractivity contribution in [2.45, 2.75) is 238 Å². The average molecular weight is 1030 g/mol. The number of aliphatic hydroxyl groups is 1. The monoisotopic (exact) mass is 1030 g/mol. The Kier molecular flexibility index (Phi) is 51.0. The molecule has 3 unspecified atom stereocenters. The zero-order valence-electron chi connectivity index (χ0n) is 45.4. The highest BCUT2D eigenvalue weighted by atomic mass is 31.2. The van der Waals surface area contributed by atoms with E-state index in [9.17, 15) is 28.9 Å². The van der Waals surface area contributed by atoms with E-state index in [1.165, 1.54) is 38.5 Å². The minimum atomic E-state index is -4.77. The van der Waals surface area contributed by atoms with Gasteiger partial charge in [0.2, 0.25) is 0 Å². The van der Waals surface area contributed by atoms with Crippen LogP contribution in [0.3, 0.4) is 0 Å². The van der Waals surface area contributed by atoms with Crippen molar-refractivity contribution < 1.29 is 52.2 Å². The number of rotatable bonds is 51. The molecule has 12 heteroatoms. The van der Waals surface area contributed by atoms with Crippen LogP contribution in [-0.2, 0) is 42.2 Å². The van der Waals surface area contributed by atoms with Crippen LogP contribution in [0, 0.1) is 0 Å². The van der Waals surface area contributed by atoms with E-state index in [1.807, 2.05) is 0 Å². The number of hydrogen-bond acceptors (Lipinski definition) is 10. The zero-order valence-corrected chi connectivity index (χ0v) is 46.3. The Labute approximate surface area is 438 Å². The van der Waals surface area contributed by atoms with E-state index >= 15 is 0 Å². The van der Waals surface area contributed by atoms with E-state index < -0.39 is 57.8 Å². The maximum absolute atomic E-state index is 12.9. The van der Waals surface area contributed by atoms with Crippen LogP contribution in [-0.4, -0.2) is 66.5 Å². The summed E-state index contributed by atoms with van der Waals surface area (Å²) in [6.07, 6.45) is 62.2. The van der Waals surface area contributed by atoms with Crippen molar-refractivity contribution in [1.82, 2.24) is 0 Å². The fraction of sp³-hybridized carbons (Fsp3) is 0.683. The number of ether oxygens (including phenoxy) is 3. The highest BCUT2D eigenvalue weighted by Gasteiger charge is 2.28. The highest BCUT2D eigenvalue weighted by molar-refractivity contribution is 7.47. The number of allylic oxidation sites excluding steroid dienone is 16. The normalized spacial score (nSPS) is 14.1. The molecule has 0 amide bonds. The summed E-state index contributed by atoms with van der Waals surface area (Å²) in [7, 11) is -4.77. The second-order valence-corrected chi connectivity index (χ2v) is 19.8. The predicted molar refractivity (Wildman–Crippen MR) is 297 cm³/mol. The van der Waals surface area contributed by atoms with Crippen molar-refractivity contribution >= 4 is 25.7 Å². The molecular formula is C60H101O11P. The molecule has 11 nitrogen and oxygen atoms in total. The van der Waals surface area contributed by atoms with E-state index in [2.05, 4.69) is 118 Å². The van der Waals surface area contributed by atoms with E-state index in [4.69, 9.17) is 23.3 Å². The van der Waals surface area contributed by atoms with Crippen molar-refractivity contribution in [2.75, 3.05) is 26.4 Å². The first-order chi connectivity index (χ1) is 35.2. The molecule has 0 spiro atoms. The highest BCUT2D eigenvalue weighted by Crippen LogP contribution is 2.43. The molecule has 0 aromatic carbocycles. The second-order valence-electron chi connectivity index (χ2n) is 18.4. The Hall–Kier alpha value is -3.60. The van der Waals surface area contributed by atoms with Gasteiger partial charge in [0.05, 0.1) is 19.8 Å². The summed E-state index contributed by atoms with van der Waals surface area (Å²) in [5.41, 5.74) is 0. The van der Waals surface area contributed by atoms with Gasteiger partial charge in [-0.15, -0.1) is 0 Å². The van der Waals surface area contributed by atoms with Gasteiger partial charge >= 0.3 is 25.7 Å². The van der Waals surface area contributed by atoms with Gasteiger partial charge in [0.15, 0.2) is 6.10 Å². The topological polar surface area (TPSA) is 155 Å². The molecule has 0 fully saturated rings. The number of phosphoric acid groups is 1. The van der Waals surface area contributed by atoms with E-state index in [0.717, 1.165) is 128 Å². The first-order valence-electron chi connectivity index (χ1n) is 28.1. The molecule has 0 aromatic heterocycles. The minimum Gasteiger partial charge on any atom is -0.462 e. The fourth-order valence-electron chi connectivity index (χ4n) is 7.18. The molecule has 0 rings (SSSR count). The summed E-state index contributed by atoms with van der Waals surface area (Å²) in [5.74, 6) is -1.54. The molecule has 0 aromatic rings. The Morgan fingerprint density at radius 3 is 1.19 bits per heavy atom. The van der Waals surface area contributed by atoms with Crippen molar-refractivity contribution in [1.29, 1.82) is 0 Å². The molecule has 412 valence electrons. The third-order valence-electron chi connectivity index (χ3n) is 11.4. The summed E-state index contributed by atoms with van der Waals surface area (Å²) in [6.45, 7) is 4.36. The minimum absolute atomic E-state index is 0.144. The van der Waals surface area contributed by atoms with Gasteiger partial charge in [0.1, 0.15) is 12.7 Å². The Balaban J connectivity index is 4.82. The van der Waals surface area contributed by atoms with Crippen LogP contribution in [0.5, 0.6) is 0 Å². The average Bonchev–Trinajstić information content (AvgIpc) is 3.37. The predicted octanol–water partition coefficient (Wildman–Crippen LogP) is 16.5. The Bertz CT molecular complexity index is 1580. The summed E-state index contributed by atoms with van der Waals surface area (Å²) >= 11 is 0. The summed E-state index contributed by atoms with van der Waals surface area (Å²) in [6, 6.07) is 0. The number of carbonyl (C=O) groups excluding carboxylic acids is 3. The SMILES string of the molecule is CC/C=C\C/C=C\C/C=C\C/C=C\CCCCC(=O)OCC(COP(=O)(O)OCC(CO)OC(=O)CCCCCCC/C=C\C/C=C\CCC)OC(=O)CCCCCCCCC/C=C\C/C=C\CCCCC. The molecule has 2 N–H and O–H groups in total. The third-order valence-corrected chi connectivity index (χ3v) is 12.4. The second kappa shape index (κ2) is 53.7. The number of aliphatic hydroxyl groups excluding tert-OH is 1. The molecule has 0 bridgehead atoms. The van der Waals surface area contributed by atoms with Gasteiger partial charge < -0.3 is 24.2 Å². The third kappa shape index (κ3) is 51.3. The van der Waals surface area contributed by atoms with Crippen molar-refractivity contribution in [2.24, 2.45) is 0 Å². The molecule has 0 saturated heterocycles. The van der Waals surface area contributed by atoms with E-state index in [1.54, 1.807) is 0 Å². The number of hydrogen-bond donors (Lipinski definition) is 2. The van der Waals surface area contributed by atoms with Crippen LogP contribution in [0.2, 0.25) is 0 Å². The maximum atomic E-state index is 12.9. The van der Waals surface area contributed by atoms with Crippen molar-refractivity contribution in [3.63, 3.8) is 0 Å². The summed E-state index contributed by atoms with van der Waals surface area (Å²) < 4.78 is 39.4. The van der Waals surface area contributed by atoms with Crippen LogP contribution in [0.25, 0.3) is 0 Å². The quantitative estimate of drug-likeness (QED) is 0.0197. The van der Waals surface area contributed by atoms with Gasteiger partial charge in [0, 0.05) is 19.3 Å². The standard InChI is InChI=1S/C60H101O11P/c1-4-7-10-13-16-19-22-25-27-28-30-33-36-39-42-45-48-51-60(64)71-57(53-67-58(62)49-46-43-40-37-34-32-29-26-23-20-17-14-11-8-5-2)55-69-72(65,66)68-54-56(52-61)70-59(63)50-47-44-41-38-35-31-24-21-18-15-12-9-6-3/h8,11-12,15-17,19-21,24-27,29,34,37,56-57,61H,4-7,9-10,13-14,18,22-23,28,30-33,35-36,38-55H2,1-3H3,(H,65,66)/b11-8-,15-12-,19-16-,20-17-,24-21-,27-25-,29-26-,37-34-. The first-order valence-corrected chi connectivity index (χ1v) is 29.6. The molecule has 0 heterocycles. The molecule has 72 heavy (non-hydrogen) atoms. The lowest BCUT2D eigenvalue weighted by Crippen LogP contribution is -2.30. The fourth-order valence-corrected chi connectivity index (χ4v) is 7.96. The largest absolute Gasteiger partial charge is 0.472 e. The maximum Gasteiger partial charge on any atom is 0.472 e.